The summed E-state index contributed by atoms with van der Waals surface area (Å²) in [4.78, 5) is 17.1. The molecule has 0 spiro atoms. The first-order chi connectivity index (χ1) is 11.1. The first kappa shape index (κ1) is 18.1. The van der Waals surface area contributed by atoms with Gasteiger partial charge in [0.05, 0.1) is 18.2 Å². The topological polar surface area (TPSA) is 42.4 Å². The molecule has 24 heavy (non-hydrogen) atoms. The number of halogens is 3. The van der Waals surface area contributed by atoms with Crippen molar-refractivity contribution in [3.8, 4) is 0 Å². The molecule has 2 aromatic rings. The van der Waals surface area contributed by atoms with Gasteiger partial charge in [-0.3, -0.25) is 9.78 Å². The molecule has 1 aromatic carbocycles. The highest BCUT2D eigenvalue weighted by molar-refractivity contribution is 7.80. The van der Waals surface area contributed by atoms with Gasteiger partial charge in [0.15, 0.2) is 0 Å². The maximum Gasteiger partial charge on any atom is 0.418 e. The van der Waals surface area contributed by atoms with Gasteiger partial charge in [0.25, 0.3) is 0 Å². The number of hydrogen-bond acceptors (Lipinski definition) is 4. The van der Waals surface area contributed by atoms with Gasteiger partial charge in [0, 0.05) is 23.7 Å². The highest BCUT2D eigenvalue weighted by Gasteiger charge is 2.33. The van der Waals surface area contributed by atoms with Crippen molar-refractivity contribution < 1.29 is 22.7 Å². The maximum absolute atomic E-state index is 13.2. The molecule has 128 valence electrons. The fourth-order valence-electron chi connectivity index (χ4n) is 2.32. The zero-order chi connectivity index (χ0) is 18.1. The third kappa shape index (κ3) is 3.64. The molecular weight excluding hydrogens is 341 g/mol. The minimum atomic E-state index is -4.52. The Morgan fingerprint density at radius 2 is 2.04 bits per heavy atom. The van der Waals surface area contributed by atoms with Crippen LogP contribution in [0.15, 0.2) is 24.3 Å². The van der Waals surface area contributed by atoms with Crippen molar-refractivity contribution in [1.82, 2.24) is 9.88 Å². The lowest BCUT2D eigenvalue weighted by Gasteiger charge is -2.21. The van der Waals surface area contributed by atoms with Crippen molar-refractivity contribution in [2.24, 2.45) is 0 Å². The third-order valence-electron chi connectivity index (χ3n) is 3.44. The Hall–Kier alpha value is -2.22. The number of thiocarbonyl (C=S) groups is 1. The van der Waals surface area contributed by atoms with Crippen LogP contribution in [0, 0.1) is 6.92 Å². The van der Waals surface area contributed by atoms with Crippen molar-refractivity contribution in [2.45, 2.75) is 13.1 Å². The van der Waals surface area contributed by atoms with Crippen molar-refractivity contribution >= 4 is 34.1 Å². The fourth-order valence-corrected chi connectivity index (χ4v) is 2.55. The maximum atomic E-state index is 13.2. The molecule has 0 atom stereocenters. The van der Waals surface area contributed by atoms with Crippen LogP contribution < -0.4 is 0 Å². The van der Waals surface area contributed by atoms with Gasteiger partial charge in [-0.25, -0.2) is 0 Å². The monoisotopic (exact) mass is 356 g/mol. The van der Waals surface area contributed by atoms with Crippen LogP contribution >= 0.6 is 12.2 Å². The van der Waals surface area contributed by atoms with Crippen LogP contribution in [-0.4, -0.2) is 41.5 Å². The Morgan fingerprint density at radius 3 is 2.62 bits per heavy atom. The lowest BCUT2D eigenvalue weighted by Crippen LogP contribution is -2.32. The van der Waals surface area contributed by atoms with Crippen molar-refractivity contribution in [3.05, 3.63) is 41.1 Å². The fraction of sp³-hybridized carbons (Fsp3) is 0.312. The number of fused-ring (bicyclic) bond motifs is 1. The Bertz CT molecular complexity index is 806. The molecule has 4 nitrogen and oxygen atoms in total. The second-order valence-corrected chi connectivity index (χ2v) is 5.63. The molecule has 8 heteroatoms. The van der Waals surface area contributed by atoms with E-state index in [0.717, 1.165) is 6.07 Å². The molecule has 0 aliphatic carbocycles. The van der Waals surface area contributed by atoms with Crippen molar-refractivity contribution in [3.63, 3.8) is 0 Å². The van der Waals surface area contributed by atoms with Gasteiger partial charge in [-0.1, -0.05) is 24.4 Å². The molecule has 0 fully saturated rings. The lowest BCUT2D eigenvalue weighted by molar-refractivity contribution is -0.140. The molecule has 0 saturated carbocycles. The number of para-hydroxylation sites is 1. The number of ether oxygens (including phenoxy) is 1. The van der Waals surface area contributed by atoms with Gasteiger partial charge in [0.2, 0.25) is 0 Å². The third-order valence-corrected chi connectivity index (χ3v) is 3.98. The van der Waals surface area contributed by atoms with E-state index in [1.807, 2.05) is 0 Å². The Labute approximate surface area is 142 Å². The van der Waals surface area contributed by atoms with Gasteiger partial charge in [-0.05, 0) is 19.1 Å². The molecule has 2 rings (SSSR count). The number of aromatic nitrogens is 1. The lowest BCUT2D eigenvalue weighted by atomic mass is 10.0. The summed E-state index contributed by atoms with van der Waals surface area (Å²) in [6, 6.07) is 5.44. The summed E-state index contributed by atoms with van der Waals surface area (Å²) in [5, 5.41) is 0.289. The van der Waals surface area contributed by atoms with E-state index in [2.05, 4.69) is 9.72 Å². The molecule has 0 saturated heterocycles. The molecule has 1 heterocycles. The summed E-state index contributed by atoms with van der Waals surface area (Å²) in [7, 11) is 2.83. The molecule has 0 amide bonds. The van der Waals surface area contributed by atoms with E-state index in [0.29, 0.717) is 11.3 Å². The van der Waals surface area contributed by atoms with Crippen LogP contribution in [0.2, 0.25) is 0 Å². The molecule has 0 N–H and O–H groups in total. The minimum Gasteiger partial charge on any atom is -0.468 e. The van der Waals surface area contributed by atoms with E-state index >= 15 is 0 Å². The van der Waals surface area contributed by atoms with E-state index in [1.165, 1.54) is 24.1 Å². The standard InChI is InChI=1S/C16H15F3N2O2S/c1-9-7-11(15(24)21(2)8-13(22)23-3)10-5-4-6-12(14(10)20-9)16(17,18)19/h4-7H,8H2,1-3H3. The predicted octanol–water partition coefficient (Wildman–Crippen LogP) is 3.34. The van der Waals surface area contributed by atoms with E-state index in [1.54, 1.807) is 20.0 Å². The summed E-state index contributed by atoms with van der Waals surface area (Å²) in [5.41, 5.74) is -0.148. The molecule has 1 aromatic heterocycles. The van der Waals surface area contributed by atoms with Crippen LogP contribution in [0.1, 0.15) is 16.8 Å². The quantitative estimate of drug-likeness (QED) is 0.623. The van der Waals surface area contributed by atoms with Crippen LogP contribution in [0.3, 0.4) is 0 Å². The van der Waals surface area contributed by atoms with Gasteiger partial charge in [-0.15, -0.1) is 0 Å². The number of carbonyl (C=O) groups is 1. The highest BCUT2D eigenvalue weighted by Crippen LogP contribution is 2.35. The summed E-state index contributed by atoms with van der Waals surface area (Å²) < 4.78 is 44.2. The number of likely N-dealkylation sites (N-methyl/N-ethyl adjacent to an activating group) is 1. The van der Waals surface area contributed by atoms with Gasteiger partial charge >= 0.3 is 12.1 Å². The van der Waals surface area contributed by atoms with Gasteiger partial charge in [-0.2, -0.15) is 13.2 Å². The number of rotatable bonds is 3. The average molecular weight is 356 g/mol. The van der Waals surface area contributed by atoms with Gasteiger partial charge in [0.1, 0.15) is 11.5 Å². The minimum absolute atomic E-state index is 0.100. The molecule has 0 aliphatic heterocycles. The molecule has 0 unspecified atom stereocenters. The Balaban J connectivity index is 2.59. The predicted molar refractivity (Wildman–Crippen MR) is 87.8 cm³/mol. The SMILES string of the molecule is COC(=O)CN(C)C(=S)c1cc(C)nc2c(C(F)(F)F)cccc12. The number of esters is 1. The number of hydrogen-bond donors (Lipinski definition) is 0. The van der Waals surface area contributed by atoms with Crippen LogP contribution in [0.25, 0.3) is 10.9 Å². The summed E-state index contributed by atoms with van der Waals surface area (Å²) in [6.45, 7) is 1.50. The Kier molecular flexibility index (Phi) is 5.08. The average Bonchev–Trinajstić information content (AvgIpc) is 2.51. The number of methoxy groups -OCH3 is 1. The van der Waals surface area contributed by atoms with Crippen molar-refractivity contribution in [2.75, 3.05) is 20.7 Å². The number of aryl methyl sites for hydroxylation is 1. The highest BCUT2D eigenvalue weighted by atomic mass is 32.1. The second kappa shape index (κ2) is 6.72. The molecule has 0 aliphatic rings. The number of alkyl halides is 3. The summed E-state index contributed by atoms with van der Waals surface area (Å²) in [6.07, 6.45) is -4.52. The van der Waals surface area contributed by atoms with E-state index in [9.17, 15) is 18.0 Å². The van der Waals surface area contributed by atoms with E-state index in [-0.39, 0.29) is 22.4 Å². The van der Waals surface area contributed by atoms with E-state index < -0.39 is 17.7 Å². The second-order valence-electron chi connectivity index (χ2n) is 5.25. The normalized spacial score (nSPS) is 11.4. The first-order valence-corrected chi connectivity index (χ1v) is 7.35. The first-order valence-electron chi connectivity index (χ1n) is 6.95. The zero-order valence-corrected chi connectivity index (χ0v) is 14.1. The summed E-state index contributed by atoms with van der Waals surface area (Å²) in [5.74, 6) is -0.495. The van der Waals surface area contributed by atoms with Gasteiger partial charge < -0.3 is 9.64 Å². The van der Waals surface area contributed by atoms with Crippen LogP contribution in [-0.2, 0) is 15.7 Å². The number of nitrogens with zero attached hydrogens (tertiary/aromatic N) is 2. The number of pyridine rings is 1. The van der Waals surface area contributed by atoms with E-state index in [4.69, 9.17) is 12.2 Å². The largest absolute Gasteiger partial charge is 0.468 e. The Morgan fingerprint density at radius 1 is 1.38 bits per heavy atom. The zero-order valence-electron chi connectivity index (χ0n) is 13.3. The van der Waals surface area contributed by atoms with Crippen LogP contribution in [0.4, 0.5) is 13.2 Å². The molecular formula is C16H15F3N2O2S. The molecule has 0 radical (unpaired) electrons. The summed E-state index contributed by atoms with van der Waals surface area (Å²) >= 11 is 5.34. The number of benzene rings is 1. The van der Waals surface area contributed by atoms with Crippen molar-refractivity contribution in [1.29, 1.82) is 0 Å². The smallest absolute Gasteiger partial charge is 0.418 e. The number of carbonyl (C=O) groups excluding carboxylic acids is 1. The van der Waals surface area contributed by atoms with Crippen LogP contribution in [0.5, 0.6) is 0 Å². The molecule has 0 bridgehead atoms.